The van der Waals surface area contributed by atoms with Crippen molar-refractivity contribution in [2.45, 2.75) is 18.9 Å². The maximum atomic E-state index is 13.2. The smallest absolute Gasteiger partial charge is 0.351 e. The lowest BCUT2D eigenvalue weighted by Gasteiger charge is -2.35. The van der Waals surface area contributed by atoms with Crippen LogP contribution in [0.15, 0.2) is 54.9 Å². The molecule has 38 heavy (non-hydrogen) atoms. The van der Waals surface area contributed by atoms with E-state index in [9.17, 15) is 31.1 Å². The van der Waals surface area contributed by atoms with Crippen LogP contribution in [0.3, 0.4) is 0 Å². The van der Waals surface area contributed by atoms with Gasteiger partial charge in [-0.15, -0.1) is 5.10 Å². The molecule has 0 radical (unpaired) electrons. The number of hydrogen-bond acceptors (Lipinski definition) is 6. The van der Waals surface area contributed by atoms with Gasteiger partial charge in [0.15, 0.2) is 17.0 Å². The second-order valence-electron chi connectivity index (χ2n) is 8.68. The van der Waals surface area contributed by atoms with Crippen LogP contribution in [0.1, 0.15) is 27.0 Å². The fraction of sp³-hybridized carbons (Fsp3) is 0.292. The van der Waals surface area contributed by atoms with Crippen LogP contribution in [0.4, 0.5) is 32.2 Å². The van der Waals surface area contributed by atoms with Crippen LogP contribution in [0, 0.1) is 0 Å². The largest absolute Gasteiger partial charge is 0.416 e. The Kier molecular flexibility index (Phi) is 6.41. The minimum absolute atomic E-state index is 0.0000365. The molecule has 4 aromatic rings. The second kappa shape index (κ2) is 9.58. The highest BCUT2D eigenvalue weighted by atomic mass is 19.4. The zero-order chi connectivity index (χ0) is 27.1. The Morgan fingerprint density at radius 2 is 1.47 bits per heavy atom. The molecule has 1 fully saturated rings. The Bertz CT molecular complexity index is 1430. The fourth-order valence-corrected chi connectivity index (χ4v) is 4.26. The number of benzene rings is 2. The predicted octanol–water partition coefficient (Wildman–Crippen LogP) is 4.27. The van der Waals surface area contributed by atoms with E-state index in [0.29, 0.717) is 35.7 Å². The summed E-state index contributed by atoms with van der Waals surface area (Å²) in [6, 6.07) is 10.5. The summed E-state index contributed by atoms with van der Waals surface area (Å²) in [6.07, 6.45) is -8.71. The molecule has 2 aromatic heterocycles. The Labute approximate surface area is 211 Å². The van der Waals surface area contributed by atoms with E-state index in [4.69, 9.17) is 0 Å². The summed E-state index contributed by atoms with van der Waals surface area (Å²) in [4.78, 5) is 24.5. The van der Waals surface area contributed by atoms with E-state index in [1.807, 2.05) is 35.2 Å². The third-order valence-corrected chi connectivity index (χ3v) is 6.16. The first-order valence-electron chi connectivity index (χ1n) is 11.4. The van der Waals surface area contributed by atoms with Crippen LogP contribution in [-0.2, 0) is 18.9 Å². The number of aromatic nitrogens is 5. The Morgan fingerprint density at radius 3 is 2.08 bits per heavy atom. The van der Waals surface area contributed by atoms with Crippen LogP contribution < -0.4 is 4.90 Å². The number of alkyl halides is 6. The molecule has 198 valence electrons. The van der Waals surface area contributed by atoms with Crippen molar-refractivity contribution < 1.29 is 31.1 Å². The van der Waals surface area contributed by atoms with Crippen molar-refractivity contribution in [2.75, 3.05) is 31.1 Å². The van der Waals surface area contributed by atoms with Gasteiger partial charge in [-0.25, -0.2) is 14.6 Å². The van der Waals surface area contributed by atoms with Gasteiger partial charge in [-0.2, -0.15) is 26.3 Å². The third-order valence-electron chi connectivity index (χ3n) is 6.16. The van der Waals surface area contributed by atoms with Crippen LogP contribution in [-0.4, -0.2) is 61.9 Å². The lowest BCUT2D eigenvalue weighted by molar-refractivity contribution is -0.143. The van der Waals surface area contributed by atoms with Crippen LogP contribution in [0.5, 0.6) is 0 Å². The Hall–Kier alpha value is -4.23. The molecule has 0 unspecified atom stereocenters. The highest BCUT2D eigenvalue weighted by Gasteiger charge is 2.38. The number of carbonyl (C=O) groups excluding carboxylic acids is 1. The minimum Gasteiger partial charge on any atom is -0.351 e. The van der Waals surface area contributed by atoms with Gasteiger partial charge < -0.3 is 9.80 Å². The summed E-state index contributed by atoms with van der Waals surface area (Å²) in [7, 11) is 0. The van der Waals surface area contributed by atoms with Crippen LogP contribution in [0.25, 0.3) is 11.2 Å². The third kappa shape index (κ3) is 5.10. The number of anilines is 1. The van der Waals surface area contributed by atoms with Gasteiger partial charge in [0.1, 0.15) is 6.33 Å². The number of nitrogens with zero attached hydrogens (tertiary/aromatic N) is 7. The van der Waals surface area contributed by atoms with E-state index >= 15 is 0 Å². The van der Waals surface area contributed by atoms with Gasteiger partial charge in [0, 0.05) is 31.7 Å². The molecule has 8 nitrogen and oxygen atoms in total. The molecule has 3 heterocycles. The highest BCUT2D eigenvalue weighted by molar-refractivity contribution is 5.95. The van der Waals surface area contributed by atoms with Crippen molar-refractivity contribution in [3.05, 3.63) is 77.1 Å². The van der Waals surface area contributed by atoms with E-state index in [1.165, 1.54) is 11.2 Å². The van der Waals surface area contributed by atoms with Crippen molar-refractivity contribution in [3.63, 3.8) is 0 Å². The Balaban J connectivity index is 1.34. The number of carbonyl (C=O) groups is 1. The molecule has 1 saturated heterocycles. The molecule has 0 atom stereocenters. The van der Waals surface area contributed by atoms with E-state index < -0.39 is 35.0 Å². The van der Waals surface area contributed by atoms with Gasteiger partial charge in [0.25, 0.3) is 5.91 Å². The number of piperazine rings is 1. The normalized spacial score (nSPS) is 14.8. The monoisotopic (exact) mass is 535 g/mol. The lowest BCUT2D eigenvalue weighted by Crippen LogP contribution is -2.49. The van der Waals surface area contributed by atoms with Gasteiger partial charge >= 0.3 is 12.4 Å². The van der Waals surface area contributed by atoms with Crippen molar-refractivity contribution in [2.24, 2.45) is 0 Å². The summed E-state index contributed by atoms with van der Waals surface area (Å²) in [5.74, 6) is -0.442. The molecule has 5 rings (SSSR count). The molecule has 1 aliphatic rings. The Morgan fingerprint density at radius 1 is 0.842 bits per heavy atom. The molecule has 0 N–H and O–H groups in total. The van der Waals surface area contributed by atoms with Gasteiger partial charge in [-0.05, 0) is 23.8 Å². The van der Waals surface area contributed by atoms with E-state index in [0.717, 1.165) is 5.56 Å². The molecule has 1 aliphatic heterocycles. The highest BCUT2D eigenvalue weighted by Crippen LogP contribution is 2.36. The van der Waals surface area contributed by atoms with Crippen molar-refractivity contribution in [3.8, 4) is 0 Å². The summed E-state index contributed by atoms with van der Waals surface area (Å²) in [5.41, 5.74) is -1.80. The lowest BCUT2D eigenvalue weighted by atomic mass is 10.0. The van der Waals surface area contributed by atoms with Gasteiger partial charge in [0.05, 0.1) is 17.7 Å². The van der Waals surface area contributed by atoms with Gasteiger partial charge in [-0.3, -0.25) is 4.79 Å². The summed E-state index contributed by atoms with van der Waals surface area (Å²) in [5, 5.41) is 8.38. The summed E-state index contributed by atoms with van der Waals surface area (Å²) >= 11 is 0. The molecular weight excluding hydrogens is 516 g/mol. The van der Waals surface area contributed by atoms with Crippen LogP contribution >= 0.6 is 0 Å². The molecule has 0 bridgehead atoms. The zero-order valence-corrected chi connectivity index (χ0v) is 19.5. The number of fused-ring (bicyclic) bond motifs is 1. The molecule has 0 spiro atoms. The number of rotatable bonds is 4. The van der Waals surface area contributed by atoms with Gasteiger partial charge in [-0.1, -0.05) is 35.5 Å². The molecule has 0 aliphatic carbocycles. The summed E-state index contributed by atoms with van der Waals surface area (Å²) in [6.45, 7) is 1.01. The van der Waals surface area contributed by atoms with Crippen molar-refractivity contribution in [1.82, 2.24) is 29.9 Å². The number of amides is 1. The average molecular weight is 535 g/mol. The summed E-state index contributed by atoms with van der Waals surface area (Å²) < 4.78 is 80.9. The minimum atomic E-state index is -5.04. The standard InChI is InChI=1S/C24H19F6N7O/c25-23(26,27)17-10-16(11-18(12-17)24(28,29)30)22(38)36-8-6-35(7-9-36)20-19-21(32-14-31-20)37(34-33-19)13-15-4-2-1-3-5-15/h1-5,10-12,14H,6-9,13H2. The first-order valence-corrected chi connectivity index (χ1v) is 11.4. The molecule has 14 heteroatoms. The first kappa shape index (κ1) is 25.4. The second-order valence-corrected chi connectivity index (χ2v) is 8.68. The first-order chi connectivity index (χ1) is 18.0. The maximum absolute atomic E-state index is 13.2. The quantitative estimate of drug-likeness (QED) is 0.364. The molecule has 1 amide bonds. The topological polar surface area (TPSA) is 80.0 Å². The van der Waals surface area contributed by atoms with Crippen LogP contribution in [0.2, 0.25) is 0 Å². The zero-order valence-electron chi connectivity index (χ0n) is 19.5. The molecule has 2 aromatic carbocycles. The number of halogens is 6. The molecular formula is C24H19F6N7O. The van der Waals surface area contributed by atoms with E-state index in [-0.39, 0.29) is 32.2 Å². The van der Waals surface area contributed by atoms with E-state index in [1.54, 1.807) is 4.68 Å². The van der Waals surface area contributed by atoms with Crippen molar-refractivity contribution in [1.29, 1.82) is 0 Å². The fourth-order valence-electron chi connectivity index (χ4n) is 4.26. The van der Waals surface area contributed by atoms with Crippen molar-refractivity contribution >= 4 is 22.9 Å². The molecule has 0 saturated carbocycles. The predicted molar refractivity (Wildman–Crippen MR) is 123 cm³/mol. The maximum Gasteiger partial charge on any atom is 0.416 e. The van der Waals surface area contributed by atoms with E-state index in [2.05, 4.69) is 20.3 Å². The SMILES string of the molecule is O=C(c1cc(C(F)(F)F)cc(C(F)(F)F)c1)N1CCN(c2ncnc3c2nnn3Cc2ccccc2)CC1. The average Bonchev–Trinajstić information content (AvgIpc) is 3.30. The van der Waals surface area contributed by atoms with Gasteiger partial charge in [0.2, 0.25) is 0 Å². The number of hydrogen-bond donors (Lipinski definition) is 0.